The molecule has 0 radical (unpaired) electrons. The number of rotatable bonds is 3. The van der Waals surface area contributed by atoms with Crippen molar-refractivity contribution in [3.8, 4) is 0 Å². The van der Waals surface area contributed by atoms with E-state index in [9.17, 15) is 0 Å². The first-order valence-corrected chi connectivity index (χ1v) is 5.83. The van der Waals surface area contributed by atoms with Gasteiger partial charge in [-0.25, -0.2) is 0 Å². The van der Waals surface area contributed by atoms with Crippen molar-refractivity contribution >= 4 is 34.8 Å². The summed E-state index contributed by atoms with van der Waals surface area (Å²) in [6.45, 7) is 4.94. The van der Waals surface area contributed by atoms with E-state index < -0.39 is 0 Å². The zero-order valence-corrected chi connectivity index (χ0v) is 10.0. The quantitative estimate of drug-likeness (QED) is 0.574. The fourth-order valence-electron chi connectivity index (χ4n) is 1.49. The zero-order valence-electron chi connectivity index (χ0n) is 10.2. The van der Waals surface area contributed by atoms with Crippen molar-refractivity contribution in [2.45, 2.75) is 0 Å². The first-order chi connectivity index (χ1) is 6.95. The monoisotopic (exact) mass is 247 g/mol. The molecule has 1 aliphatic heterocycles. The third-order valence-corrected chi connectivity index (χ3v) is 3.13. The summed E-state index contributed by atoms with van der Waals surface area (Å²) in [5.41, 5.74) is 0. The summed E-state index contributed by atoms with van der Waals surface area (Å²) in [5.74, 6) is 0. The van der Waals surface area contributed by atoms with Crippen molar-refractivity contribution in [1.29, 1.82) is 0 Å². The molecular weight excluding hydrogens is 228 g/mol. The van der Waals surface area contributed by atoms with Gasteiger partial charge in [-0.3, -0.25) is 4.90 Å². The maximum absolute atomic E-state index is 5.29. The van der Waals surface area contributed by atoms with E-state index in [4.69, 9.17) is 4.74 Å². The van der Waals surface area contributed by atoms with Crippen LogP contribution >= 0.6 is 11.3 Å². The van der Waals surface area contributed by atoms with Crippen molar-refractivity contribution < 1.29 is 25.0 Å². The van der Waals surface area contributed by atoms with Crippen LogP contribution in [0.2, 0.25) is 0 Å². The smallest absolute Gasteiger partial charge is 1.00 e. The average molecular weight is 247 g/mol. The Labute approximate surface area is 125 Å². The van der Waals surface area contributed by atoms with Crippen LogP contribution in [0.1, 0.15) is 6.30 Å². The molecule has 0 bridgehead atoms. The largest absolute Gasteiger partial charge is 1.00 e. The number of hydrogen-bond acceptors (Lipinski definition) is 3. The van der Waals surface area contributed by atoms with Crippen molar-refractivity contribution in [1.82, 2.24) is 4.90 Å². The molecule has 2 heterocycles. The van der Waals surface area contributed by atoms with Gasteiger partial charge in [0, 0.05) is 24.5 Å². The van der Waals surface area contributed by atoms with Crippen LogP contribution in [0.25, 0.3) is 6.08 Å². The average Bonchev–Trinajstić information content (AvgIpc) is 2.72. The first-order valence-electron chi connectivity index (χ1n) is 4.95. The van der Waals surface area contributed by atoms with Crippen LogP contribution in [-0.4, -0.2) is 55.1 Å². The topological polar surface area (TPSA) is 12.5 Å². The van der Waals surface area contributed by atoms with E-state index >= 15 is 0 Å². The van der Waals surface area contributed by atoms with E-state index in [1.54, 1.807) is 11.3 Å². The number of morpholine rings is 1. The molecule has 0 spiro atoms. The summed E-state index contributed by atoms with van der Waals surface area (Å²) in [7, 11) is 0. The Balaban J connectivity index is 0. The fraction of sp³-hybridized carbons (Fsp3) is 0.455. The van der Waals surface area contributed by atoms with E-state index in [-0.39, 0.29) is 37.6 Å². The minimum absolute atomic E-state index is 0. The van der Waals surface area contributed by atoms with Gasteiger partial charge in [0.2, 0.25) is 0 Å². The number of thiophene rings is 1. The Morgan fingerprint density at radius 1 is 1.44 bits per heavy atom. The molecule has 1 aliphatic rings. The minimum Gasteiger partial charge on any atom is -1.00 e. The molecule has 2 nitrogen and oxygen atoms in total. The van der Waals surface area contributed by atoms with Crippen molar-refractivity contribution in [2.24, 2.45) is 0 Å². The van der Waals surface area contributed by atoms with Gasteiger partial charge >= 0.3 is 18.9 Å². The van der Waals surface area contributed by atoms with Gasteiger partial charge in [0.15, 0.2) is 17.4 Å². The summed E-state index contributed by atoms with van der Waals surface area (Å²) in [6, 6.07) is 4.22. The molecule has 0 amide bonds. The molecule has 5 heteroatoms. The molecule has 16 heavy (non-hydrogen) atoms. The summed E-state index contributed by atoms with van der Waals surface area (Å²) < 4.78 is 5.29. The van der Waals surface area contributed by atoms with Crippen LogP contribution in [-0.2, 0) is 4.74 Å². The molecule has 1 saturated heterocycles. The maximum Gasteiger partial charge on any atom is 1.00 e. The molecular formula is C11H19AlLiNOS. The second-order valence-corrected chi connectivity index (χ2v) is 4.31. The predicted molar refractivity (Wildman–Crippen MR) is 71.7 cm³/mol. The summed E-state index contributed by atoms with van der Waals surface area (Å²) >= 11 is 1.78. The summed E-state index contributed by atoms with van der Waals surface area (Å²) in [6.07, 6.45) is 4.43. The summed E-state index contributed by atoms with van der Waals surface area (Å²) in [4.78, 5) is 3.74. The molecule has 0 aliphatic carbocycles. The standard InChI is InChI=1S/C11H15NOS.Al.Li.4H/c1(3-11-4-2-10-14-11)5-12-6-8-13-9-7-12;;;;;;/h1-4,10H,5-9H2;;;;;;/q;;+1;;;;-1/b3-1+;;;;;;. The summed E-state index contributed by atoms with van der Waals surface area (Å²) in [5, 5.41) is 2.11. The van der Waals surface area contributed by atoms with Gasteiger partial charge in [0.05, 0.1) is 13.2 Å². The fourth-order valence-corrected chi connectivity index (χ4v) is 2.13. The second kappa shape index (κ2) is 9.51. The Kier molecular flexibility index (Phi) is 9.80. The minimum atomic E-state index is 0. The number of nitrogens with zero attached hydrogens (tertiary/aromatic N) is 1. The molecule has 1 aromatic heterocycles. The molecule has 2 rings (SSSR count). The molecule has 84 valence electrons. The van der Waals surface area contributed by atoms with Crippen molar-refractivity contribution in [3.63, 3.8) is 0 Å². The van der Waals surface area contributed by atoms with Gasteiger partial charge in [0.1, 0.15) is 0 Å². The van der Waals surface area contributed by atoms with E-state index in [1.807, 2.05) is 0 Å². The number of ether oxygens (including phenoxy) is 1. The van der Waals surface area contributed by atoms with Gasteiger partial charge in [-0.15, -0.1) is 11.3 Å². The Morgan fingerprint density at radius 3 is 2.81 bits per heavy atom. The maximum atomic E-state index is 5.29. The van der Waals surface area contributed by atoms with Crippen LogP contribution in [0.15, 0.2) is 23.6 Å². The van der Waals surface area contributed by atoms with E-state index in [1.165, 1.54) is 4.88 Å². The molecule has 0 unspecified atom stereocenters. The van der Waals surface area contributed by atoms with Crippen LogP contribution in [0.5, 0.6) is 0 Å². The van der Waals surface area contributed by atoms with E-state index in [0.29, 0.717) is 0 Å². The molecule has 0 aromatic carbocycles. The van der Waals surface area contributed by atoms with Crippen molar-refractivity contribution in [3.05, 3.63) is 28.5 Å². The molecule has 0 saturated carbocycles. The van der Waals surface area contributed by atoms with Crippen molar-refractivity contribution in [2.75, 3.05) is 32.8 Å². The molecule has 1 fully saturated rings. The molecule has 1 aromatic rings. The van der Waals surface area contributed by atoms with Gasteiger partial charge in [0.25, 0.3) is 0 Å². The first kappa shape index (κ1) is 16.5. The Bertz CT molecular complexity index is 292. The van der Waals surface area contributed by atoms with Gasteiger partial charge < -0.3 is 6.16 Å². The predicted octanol–water partition coefficient (Wildman–Crippen LogP) is -1.97. The molecule has 0 atom stereocenters. The number of hydrogen-bond donors (Lipinski definition) is 0. The van der Waals surface area contributed by atoms with E-state index in [0.717, 1.165) is 32.8 Å². The van der Waals surface area contributed by atoms with Gasteiger partial charge in [-0.05, 0) is 17.5 Å². The second-order valence-electron chi connectivity index (χ2n) is 3.33. The normalized spacial score (nSPS) is 16.8. The van der Waals surface area contributed by atoms with Crippen LogP contribution in [0, 0.1) is 0 Å². The van der Waals surface area contributed by atoms with Crippen LogP contribution < -0.4 is 18.9 Å². The van der Waals surface area contributed by atoms with Gasteiger partial charge in [-0.2, -0.15) is 0 Å². The Morgan fingerprint density at radius 2 is 2.19 bits per heavy atom. The zero-order chi connectivity index (χ0) is 9.64. The van der Waals surface area contributed by atoms with Gasteiger partial charge in [-0.1, -0.05) is 12.1 Å². The third kappa shape index (κ3) is 5.71. The van der Waals surface area contributed by atoms with E-state index in [2.05, 4.69) is 34.6 Å². The third-order valence-electron chi connectivity index (χ3n) is 2.29. The Hall–Kier alpha value is 0.490. The SMILES string of the molecule is C(=C\c1cccs1)/CN1CCOCC1.[AlH3].[H-].[Li+]. The van der Waals surface area contributed by atoms with Crippen LogP contribution in [0.3, 0.4) is 0 Å². The van der Waals surface area contributed by atoms with Crippen LogP contribution in [0.4, 0.5) is 0 Å². The molecule has 0 N–H and O–H groups in total.